The lowest BCUT2D eigenvalue weighted by Crippen LogP contribution is -2.28. The first-order valence-corrected chi connectivity index (χ1v) is 7.43. The van der Waals surface area contributed by atoms with Gasteiger partial charge in [0.15, 0.2) is 0 Å². The Balaban J connectivity index is 2.17. The van der Waals surface area contributed by atoms with Crippen LogP contribution < -0.4 is 11.1 Å². The van der Waals surface area contributed by atoms with E-state index in [1.807, 2.05) is 49.4 Å². The number of benzene rings is 2. The summed E-state index contributed by atoms with van der Waals surface area (Å²) in [6.07, 6.45) is 0. The van der Waals surface area contributed by atoms with Crippen molar-refractivity contribution in [3.63, 3.8) is 0 Å². The molecule has 1 unspecified atom stereocenters. The molecule has 0 saturated carbocycles. The quantitative estimate of drug-likeness (QED) is 0.334. The van der Waals surface area contributed by atoms with Crippen LogP contribution in [0.25, 0.3) is 0 Å². The van der Waals surface area contributed by atoms with Gasteiger partial charge in [-0.15, -0.1) is 0 Å². The number of nitrogens with two attached hydrogens (primary N) is 1. The molecule has 2 aromatic carbocycles. The Morgan fingerprint density at radius 3 is 2.62 bits per heavy atom. The van der Waals surface area contributed by atoms with Gasteiger partial charge in [0.25, 0.3) is 0 Å². The molecular weight excluding hydrogens is 330 g/mol. The number of hydrogen-bond acceptors (Lipinski definition) is 3. The standard InChI is InChI=1S/C16H18BrN3O/c1-11-7-13(17)9-14(8-11)19-10-15(16(18)20-21)12-5-3-2-4-6-12/h2-9,15,19,21H,10H2,1H3,(H2,18,20). The monoisotopic (exact) mass is 347 g/mol. The average Bonchev–Trinajstić information content (AvgIpc) is 2.47. The second-order valence-electron chi connectivity index (χ2n) is 4.89. The molecule has 0 bridgehead atoms. The summed E-state index contributed by atoms with van der Waals surface area (Å²) in [5.41, 5.74) is 8.98. The zero-order valence-electron chi connectivity index (χ0n) is 11.8. The smallest absolute Gasteiger partial charge is 0.148 e. The van der Waals surface area contributed by atoms with Crippen LogP contribution in [-0.4, -0.2) is 17.6 Å². The highest BCUT2D eigenvalue weighted by Crippen LogP contribution is 2.21. The lowest BCUT2D eigenvalue weighted by atomic mass is 9.98. The van der Waals surface area contributed by atoms with E-state index in [9.17, 15) is 0 Å². The van der Waals surface area contributed by atoms with Crippen LogP contribution >= 0.6 is 15.9 Å². The van der Waals surface area contributed by atoms with E-state index in [2.05, 4.69) is 32.5 Å². The topological polar surface area (TPSA) is 70.6 Å². The first-order chi connectivity index (χ1) is 10.1. The van der Waals surface area contributed by atoms with Crippen LogP contribution in [-0.2, 0) is 0 Å². The summed E-state index contributed by atoms with van der Waals surface area (Å²) >= 11 is 3.48. The third-order valence-electron chi connectivity index (χ3n) is 3.23. The second-order valence-corrected chi connectivity index (χ2v) is 5.80. The molecule has 5 heteroatoms. The summed E-state index contributed by atoms with van der Waals surface area (Å²) in [7, 11) is 0. The number of oxime groups is 1. The molecule has 0 aliphatic heterocycles. The van der Waals surface area contributed by atoms with Crippen molar-refractivity contribution in [1.82, 2.24) is 0 Å². The molecule has 1 atom stereocenters. The van der Waals surface area contributed by atoms with Crippen molar-refractivity contribution in [2.75, 3.05) is 11.9 Å². The van der Waals surface area contributed by atoms with Crippen LogP contribution in [0.3, 0.4) is 0 Å². The molecular formula is C16H18BrN3O. The van der Waals surface area contributed by atoms with Crippen molar-refractivity contribution in [3.05, 3.63) is 64.1 Å². The zero-order chi connectivity index (χ0) is 15.2. The number of aryl methyl sites for hydroxylation is 1. The third-order valence-corrected chi connectivity index (χ3v) is 3.68. The van der Waals surface area contributed by atoms with Crippen molar-refractivity contribution >= 4 is 27.5 Å². The Bertz CT molecular complexity index is 608. The molecule has 2 rings (SSSR count). The van der Waals surface area contributed by atoms with Crippen molar-refractivity contribution in [1.29, 1.82) is 0 Å². The maximum absolute atomic E-state index is 8.98. The molecule has 4 N–H and O–H groups in total. The minimum Gasteiger partial charge on any atom is -0.409 e. The fourth-order valence-corrected chi connectivity index (χ4v) is 2.81. The van der Waals surface area contributed by atoms with Crippen LogP contribution in [0.1, 0.15) is 17.0 Å². The van der Waals surface area contributed by atoms with Crippen LogP contribution in [0.15, 0.2) is 58.2 Å². The number of halogens is 1. The Morgan fingerprint density at radius 2 is 2.00 bits per heavy atom. The van der Waals surface area contributed by atoms with Gasteiger partial charge in [0.05, 0.1) is 5.92 Å². The molecule has 4 nitrogen and oxygen atoms in total. The minimum atomic E-state index is -0.185. The van der Waals surface area contributed by atoms with E-state index >= 15 is 0 Å². The molecule has 0 amide bonds. The maximum Gasteiger partial charge on any atom is 0.148 e. The molecule has 0 aromatic heterocycles. The SMILES string of the molecule is Cc1cc(Br)cc(NCC(/C(N)=N/O)c2ccccc2)c1. The molecule has 0 heterocycles. The van der Waals surface area contributed by atoms with Crippen molar-refractivity contribution in [3.8, 4) is 0 Å². The highest BCUT2D eigenvalue weighted by molar-refractivity contribution is 9.10. The van der Waals surface area contributed by atoms with Crippen molar-refractivity contribution in [2.24, 2.45) is 10.9 Å². The van der Waals surface area contributed by atoms with Gasteiger partial charge in [0.2, 0.25) is 0 Å². The number of anilines is 1. The fraction of sp³-hybridized carbons (Fsp3) is 0.188. The van der Waals surface area contributed by atoms with E-state index in [0.717, 1.165) is 21.3 Å². The Labute approximate surface area is 132 Å². The largest absolute Gasteiger partial charge is 0.409 e. The molecule has 0 aliphatic rings. The maximum atomic E-state index is 8.98. The van der Waals surface area contributed by atoms with Gasteiger partial charge in [-0.05, 0) is 36.2 Å². The Kier molecular flexibility index (Phi) is 5.22. The molecule has 0 aliphatic carbocycles. The van der Waals surface area contributed by atoms with Gasteiger partial charge >= 0.3 is 0 Å². The lowest BCUT2D eigenvalue weighted by Gasteiger charge is -2.18. The second kappa shape index (κ2) is 7.13. The Hall–Kier alpha value is -2.01. The molecule has 2 aromatic rings. The van der Waals surface area contributed by atoms with E-state index in [4.69, 9.17) is 10.9 Å². The number of nitrogens with zero attached hydrogens (tertiary/aromatic N) is 1. The highest BCUT2D eigenvalue weighted by Gasteiger charge is 2.16. The molecule has 0 fully saturated rings. The number of rotatable bonds is 5. The van der Waals surface area contributed by atoms with Gasteiger partial charge in [-0.25, -0.2) is 0 Å². The summed E-state index contributed by atoms with van der Waals surface area (Å²) in [5.74, 6) is 0.0101. The van der Waals surface area contributed by atoms with E-state index in [1.165, 1.54) is 0 Å². The summed E-state index contributed by atoms with van der Waals surface area (Å²) in [4.78, 5) is 0. The summed E-state index contributed by atoms with van der Waals surface area (Å²) in [6, 6.07) is 15.9. The molecule has 110 valence electrons. The predicted octanol–water partition coefficient (Wildman–Crippen LogP) is 3.70. The summed E-state index contributed by atoms with van der Waals surface area (Å²) < 4.78 is 1.02. The van der Waals surface area contributed by atoms with Gasteiger partial charge in [-0.1, -0.05) is 51.4 Å². The molecule has 0 spiro atoms. The fourth-order valence-electron chi connectivity index (χ4n) is 2.21. The molecule has 0 saturated heterocycles. The lowest BCUT2D eigenvalue weighted by molar-refractivity contribution is 0.316. The van der Waals surface area contributed by atoms with Crippen molar-refractivity contribution in [2.45, 2.75) is 12.8 Å². The molecule has 21 heavy (non-hydrogen) atoms. The normalized spacial score (nSPS) is 13.0. The van der Waals surface area contributed by atoms with E-state index in [1.54, 1.807) is 0 Å². The number of hydrogen-bond donors (Lipinski definition) is 3. The molecule has 0 radical (unpaired) electrons. The van der Waals surface area contributed by atoms with Gasteiger partial charge in [-0.3, -0.25) is 0 Å². The minimum absolute atomic E-state index is 0.185. The zero-order valence-corrected chi connectivity index (χ0v) is 13.3. The Morgan fingerprint density at radius 1 is 1.29 bits per heavy atom. The van der Waals surface area contributed by atoms with Gasteiger partial charge in [-0.2, -0.15) is 0 Å². The van der Waals surface area contributed by atoms with Gasteiger partial charge < -0.3 is 16.3 Å². The third kappa shape index (κ3) is 4.23. The van der Waals surface area contributed by atoms with E-state index < -0.39 is 0 Å². The van der Waals surface area contributed by atoms with Crippen molar-refractivity contribution < 1.29 is 5.21 Å². The highest BCUT2D eigenvalue weighted by atomic mass is 79.9. The van der Waals surface area contributed by atoms with Crippen LogP contribution in [0.2, 0.25) is 0 Å². The summed E-state index contributed by atoms with van der Waals surface area (Å²) in [6.45, 7) is 2.59. The van der Waals surface area contributed by atoms with Crippen LogP contribution in [0.5, 0.6) is 0 Å². The summed E-state index contributed by atoms with van der Waals surface area (Å²) in [5, 5.41) is 15.5. The van der Waals surface area contributed by atoms with Gasteiger partial charge in [0, 0.05) is 16.7 Å². The van der Waals surface area contributed by atoms with Gasteiger partial charge in [0.1, 0.15) is 5.84 Å². The number of amidine groups is 1. The predicted molar refractivity (Wildman–Crippen MR) is 90.0 cm³/mol. The first-order valence-electron chi connectivity index (χ1n) is 6.63. The number of nitrogens with one attached hydrogen (secondary N) is 1. The van der Waals surface area contributed by atoms with Crippen LogP contribution in [0.4, 0.5) is 5.69 Å². The first kappa shape index (κ1) is 15.4. The average molecular weight is 348 g/mol. The van der Waals surface area contributed by atoms with E-state index in [0.29, 0.717) is 6.54 Å². The van der Waals surface area contributed by atoms with Crippen LogP contribution in [0, 0.1) is 6.92 Å². The van der Waals surface area contributed by atoms with E-state index in [-0.39, 0.29) is 11.8 Å².